The monoisotopic (exact) mass is 367 g/mol. The molecule has 26 heavy (non-hydrogen) atoms. The molecule has 0 aliphatic heterocycles. The lowest BCUT2D eigenvalue weighted by molar-refractivity contribution is 0.101. The second-order valence-corrected chi connectivity index (χ2v) is 7.43. The summed E-state index contributed by atoms with van der Waals surface area (Å²) in [5, 5.41) is 0. The average molecular weight is 367 g/mol. The first-order chi connectivity index (χ1) is 12.5. The fourth-order valence-electron chi connectivity index (χ4n) is 2.48. The van der Waals surface area contributed by atoms with Crippen molar-refractivity contribution in [2.75, 3.05) is 0 Å². The van der Waals surface area contributed by atoms with E-state index in [0.717, 1.165) is 11.1 Å². The van der Waals surface area contributed by atoms with Crippen LogP contribution in [-0.4, -0.2) is 24.2 Å². The van der Waals surface area contributed by atoms with Crippen LogP contribution in [0.1, 0.15) is 22.8 Å². The summed E-state index contributed by atoms with van der Waals surface area (Å²) >= 11 is 0. The van der Waals surface area contributed by atoms with Crippen LogP contribution in [0.5, 0.6) is 0 Å². The van der Waals surface area contributed by atoms with Gasteiger partial charge in [0.2, 0.25) is 10.0 Å². The molecule has 0 saturated heterocycles. The Hall–Kier alpha value is -2.90. The molecule has 2 heterocycles. The van der Waals surface area contributed by atoms with Gasteiger partial charge in [-0.05, 0) is 42.8 Å². The first kappa shape index (κ1) is 17.9. The molecule has 2 aromatic heterocycles. The van der Waals surface area contributed by atoms with Crippen molar-refractivity contribution in [3.8, 4) is 11.3 Å². The van der Waals surface area contributed by atoms with E-state index in [4.69, 9.17) is 0 Å². The molecule has 3 rings (SSSR count). The lowest BCUT2D eigenvalue weighted by Gasteiger charge is -2.11. The molecule has 1 N–H and O–H groups in total. The first-order valence-electron chi connectivity index (χ1n) is 7.92. The van der Waals surface area contributed by atoms with Crippen molar-refractivity contribution in [1.82, 2.24) is 14.7 Å². The van der Waals surface area contributed by atoms with Crippen LogP contribution in [-0.2, 0) is 16.6 Å². The van der Waals surface area contributed by atoms with Gasteiger partial charge in [-0.15, -0.1) is 0 Å². The van der Waals surface area contributed by atoms with Crippen LogP contribution >= 0.6 is 0 Å². The summed E-state index contributed by atoms with van der Waals surface area (Å²) in [4.78, 5) is 19.9. The smallest absolute Gasteiger partial charge is 0.240 e. The quantitative estimate of drug-likeness (QED) is 0.677. The molecule has 6 nitrogen and oxygen atoms in total. The minimum Gasteiger partial charge on any atom is -0.295 e. The topological polar surface area (TPSA) is 89.0 Å². The van der Waals surface area contributed by atoms with Gasteiger partial charge in [0.1, 0.15) is 0 Å². The number of ketones is 1. The summed E-state index contributed by atoms with van der Waals surface area (Å²) in [6.45, 7) is 1.47. The highest BCUT2D eigenvalue weighted by Crippen LogP contribution is 2.20. The van der Waals surface area contributed by atoms with E-state index >= 15 is 0 Å². The summed E-state index contributed by atoms with van der Waals surface area (Å²) < 4.78 is 27.7. The number of nitrogens with one attached hydrogen (secondary N) is 1. The maximum Gasteiger partial charge on any atom is 0.240 e. The second kappa shape index (κ2) is 7.55. The van der Waals surface area contributed by atoms with Crippen LogP contribution in [0.2, 0.25) is 0 Å². The summed E-state index contributed by atoms with van der Waals surface area (Å²) in [5.74, 6) is -0.187. The van der Waals surface area contributed by atoms with E-state index in [1.165, 1.54) is 19.1 Å². The highest BCUT2D eigenvalue weighted by Gasteiger charge is 2.16. The van der Waals surface area contributed by atoms with Crippen molar-refractivity contribution >= 4 is 15.8 Å². The Labute approximate surface area is 152 Å². The zero-order chi connectivity index (χ0) is 18.6. The molecule has 0 unspecified atom stereocenters. The third-order valence-corrected chi connectivity index (χ3v) is 5.23. The number of hydrogen-bond donors (Lipinski definition) is 1. The van der Waals surface area contributed by atoms with Crippen molar-refractivity contribution in [2.24, 2.45) is 0 Å². The maximum atomic E-state index is 12.6. The zero-order valence-corrected chi connectivity index (χ0v) is 14.9. The number of benzene rings is 1. The number of carbonyl (C=O) groups excluding carboxylic acids is 1. The van der Waals surface area contributed by atoms with Crippen molar-refractivity contribution in [3.05, 3.63) is 78.2 Å². The Morgan fingerprint density at radius 2 is 1.88 bits per heavy atom. The second-order valence-electron chi connectivity index (χ2n) is 5.66. The van der Waals surface area contributed by atoms with Gasteiger partial charge >= 0.3 is 0 Å². The first-order valence-corrected chi connectivity index (χ1v) is 9.40. The van der Waals surface area contributed by atoms with E-state index in [1.807, 2.05) is 12.1 Å². The number of hydrogen-bond acceptors (Lipinski definition) is 5. The Bertz CT molecular complexity index is 1030. The summed E-state index contributed by atoms with van der Waals surface area (Å²) in [5.41, 5.74) is 2.55. The Balaban J connectivity index is 1.85. The highest BCUT2D eigenvalue weighted by molar-refractivity contribution is 7.89. The molecule has 0 bridgehead atoms. The molecule has 0 spiro atoms. The van der Waals surface area contributed by atoms with Crippen molar-refractivity contribution in [3.63, 3.8) is 0 Å². The summed E-state index contributed by atoms with van der Waals surface area (Å²) in [7, 11) is -3.76. The zero-order valence-electron chi connectivity index (χ0n) is 14.1. The molecule has 0 atom stereocenters. The van der Waals surface area contributed by atoms with E-state index in [2.05, 4.69) is 14.7 Å². The number of sulfonamides is 1. The minimum absolute atomic E-state index is 0.0528. The van der Waals surface area contributed by atoms with Gasteiger partial charge in [0.15, 0.2) is 5.78 Å². The standard InChI is InChI=1S/C19H17N3O3S/c1-14(23)15-5-2-8-18(11-15)26(24,25)22-13-17-7-4-10-21-19(17)16-6-3-9-20-12-16/h2-12,22H,13H2,1H3. The third kappa shape index (κ3) is 4.01. The van der Waals surface area contributed by atoms with Gasteiger partial charge in [-0.1, -0.05) is 18.2 Å². The normalized spacial score (nSPS) is 11.3. The van der Waals surface area contributed by atoms with Gasteiger partial charge in [-0.3, -0.25) is 14.8 Å². The van der Waals surface area contributed by atoms with Crippen LogP contribution in [0, 0.1) is 0 Å². The number of aromatic nitrogens is 2. The van der Waals surface area contributed by atoms with Crippen molar-refractivity contribution < 1.29 is 13.2 Å². The molecule has 0 amide bonds. The van der Waals surface area contributed by atoms with Crippen molar-refractivity contribution in [2.45, 2.75) is 18.4 Å². The molecule has 0 aliphatic carbocycles. The maximum absolute atomic E-state index is 12.6. The van der Waals surface area contributed by atoms with Crippen LogP contribution in [0.4, 0.5) is 0 Å². The Morgan fingerprint density at radius 3 is 2.62 bits per heavy atom. The molecule has 1 aromatic carbocycles. The minimum atomic E-state index is -3.76. The van der Waals surface area contributed by atoms with Gasteiger partial charge in [0.25, 0.3) is 0 Å². The van der Waals surface area contributed by atoms with Gasteiger partial charge in [0, 0.05) is 36.3 Å². The lowest BCUT2D eigenvalue weighted by atomic mass is 10.1. The molecule has 0 radical (unpaired) electrons. The molecule has 7 heteroatoms. The Kier molecular flexibility index (Phi) is 5.20. The van der Waals surface area contributed by atoms with Crippen LogP contribution in [0.15, 0.2) is 72.0 Å². The number of rotatable bonds is 6. The molecule has 0 saturated carbocycles. The van der Waals surface area contributed by atoms with E-state index < -0.39 is 10.0 Å². The number of Topliss-reactive ketones (excluding diaryl/α,β-unsaturated/α-hetero) is 1. The fraction of sp³-hybridized carbons (Fsp3) is 0.105. The average Bonchev–Trinajstić information content (AvgIpc) is 2.67. The van der Waals surface area contributed by atoms with Gasteiger partial charge in [-0.25, -0.2) is 13.1 Å². The molecule has 132 valence electrons. The highest BCUT2D eigenvalue weighted by atomic mass is 32.2. The SMILES string of the molecule is CC(=O)c1cccc(S(=O)(=O)NCc2cccnc2-c2cccnc2)c1. The number of carbonyl (C=O) groups is 1. The van der Waals surface area contributed by atoms with Crippen LogP contribution < -0.4 is 4.72 Å². The lowest BCUT2D eigenvalue weighted by Crippen LogP contribution is -2.24. The molecule has 0 aliphatic rings. The van der Waals surface area contributed by atoms with E-state index in [1.54, 1.807) is 42.9 Å². The Morgan fingerprint density at radius 1 is 1.08 bits per heavy atom. The number of nitrogens with zero attached hydrogens (tertiary/aromatic N) is 2. The summed E-state index contributed by atoms with van der Waals surface area (Å²) in [6, 6.07) is 13.2. The van der Waals surface area contributed by atoms with Crippen molar-refractivity contribution in [1.29, 1.82) is 0 Å². The van der Waals surface area contributed by atoms with Crippen LogP contribution in [0.3, 0.4) is 0 Å². The van der Waals surface area contributed by atoms with E-state index in [9.17, 15) is 13.2 Å². The summed E-state index contributed by atoms with van der Waals surface area (Å²) in [6.07, 6.45) is 4.99. The van der Waals surface area contributed by atoms with E-state index in [-0.39, 0.29) is 17.2 Å². The third-order valence-electron chi connectivity index (χ3n) is 3.83. The predicted molar refractivity (Wildman–Crippen MR) is 97.9 cm³/mol. The molecular weight excluding hydrogens is 350 g/mol. The van der Waals surface area contributed by atoms with Crippen LogP contribution in [0.25, 0.3) is 11.3 Å². The van der Waals surface area contributed by atoms with Gasteiger partial charge < -0.3 is 0 Å². The largest absolute Gasteiger partial charge is 0.295 e. The molecule has 3 aromatic rings. The molecular formula is C19H17N3O3S. The van der Waals surface area contributed by atoms with Gasteiger partial charge in [0.05, 0.1) is 10.6 Å². The van der Waals surface area contributed by atoms with E-state index in [0.29, 0.717) is 11.3 Å². The predicted octanol–water partition coefficient (Wildman–Crippen LogP) is 2.82. The fourth-order valence-corrected chi connectivity index (χ4v) is 3.53. The van der Waals surface area contributed by atoms with Gasteiger partial charge in [-0.2, -0.15) is 0 Å². The number of pyridine rings is 2. The molecule has 0 fully saturated rings.